The van der Waals surface area contributed by atoms with E-state index >= 15 is 0 Å². The van der Waals surface area contributed by atoms with Gasteiger partial charge >= 0.3 is 0 Å². The van der Waals surface area contributed by atoms with E-state index in [0.29, 0.717) is 0 Å². The second-order valence-electron chi connectivity index (χ2n) is 8.80. The van der Waals surface area contributed by atoms with E-state index in [1.165, 1.54) is 22.3 Å². The van der Waals surface area contributed by atoms with Gasteiger partial charge in [-0.15, -0.1) is 24.8 Å². The van der Waals surface area contributed by atoms with Gasteiger partial charge in [0.2, 0.25) is 0 Å². The normalized spacial score (nSPS) is 15.8. The van der Waals surface area contributed by atoms with Crippen LogP contribution >= 0.6 is 48.0 Å². The van der Waals surface area contributed by atoms with Crippen LogP contribution in [0.25, 0.3) is 0 Å². The van der Waals surface area contributed by atoms with Crippen LogP contribution in [0.2, 0.25) is 10.0 Å². The van der Waals surface area contributed by atoms with Gasteiger partial charge in [0.05, 0.1) is 12.1 Å². The fraction of sp³-hybridized carbons (Fsp3) is 0.200. The van der Waals surface area contributed by atoms with Crippen molar-refractivity contribution in [3.05, 3.63) is 141 Å². The first-order valence-electron chi connectivity index (χ1n) is 11.8. The van der Waals surface area contributed by atoms with Gasteiger partial charge in [-0.25, -0.2) is 0 Å². The molecule has 2 nitrogen and oxygen atoms in total. The third-order valence-electron chi connectivity index (χ3n) is 6.68. The smallest absolute Gasteiger partial charge is 0.0602 e. The molecule has 0 bridgehead atoms. The highest BCUT2D eigenvalue weighted by molar-refractivity contribution is 6.30. The zero-order valence-electron chi connectivity index (χ0n) is 19.8. The molecule has 1 aliphatic rings. The predicted molar refractivity (Wildman–Crippen MR) is 157 cm³/mol. The molecule has 0 N–H and O–H groups in total. The van der Waals surface area contributed by atoms with Gasteiger partial charge < -0.3 is 0 Å². The van der Waals surface area contributed by atoms with Crippen molar-refractivity contribution in [2.24, 2.45) is 0 Å². The van der Waals surface area contributed by atoms with Gasteiger partial charge in [-0.05, 0) is 46.5 Å². The molecular weight excluding hydrogens is 530 g/mol. The Morgan fingerprint density at radius 3 is 1.00 bits per heavy atom. The van der Waals surface area contributed by atoms with Crippen LogP contribution in [-0.4, -0.2) is 36.0 Å². The molecule has 1 fully saturated rings. The summed E-state index contributed by atoms with van der Waals surface area (Å²) < 4.78 is 0. The first kappa shape index (κ1) is 28.5. The first-order chi connectivity index (χ1) is 16.7. The minimum absolute atomic E-state index is 0. The summed E-state index contributed by atoms with van der Waals surface area (Å²) in [7, 11) is 0. The lowest BCUT2D eigenvalue weighted by Crippen LogP contribution is -2.49. The monoisotopic (exact) mass is 558 g/mol. The second kappa shape index (κ2) is 13.5. The van der Waals surface area contributed by atoms with Crippen molar-refractivity contribution < 1.29 is 0 Å². The molecule has 1 saturated heterocycles. The lowest BCUT2D eigenvalue weighted by atomic mass is 9.94. The van der Waals surface area contributed by atoms with Gasteiger partial charge in [0, 0.05) is 36.2 Å². The Morgan fingerprint density at radius 1 is 0.417 bits per heavy atom. The maximum absolute atomic E-state index is 6.20. The summed E-state index contributed by atoms with van der Waals surface area (Å²) in [5, 5.41) is 1.54. The molecule has 2 unspecified atom stereocenters. The van der Waals surface area contributed by atoms with E-state index in [-0.39, 0.29) is 36.9 Å². The van der Waals surface area contributed by atoms with Crippen LogP contribution in [0, 0.1) is 0 Å². The number of piperazine rings is 1. The van der Waals surface area contributed by atoms with Crippen molar-refractivity contribution in [1.82, 2.24) is 9.80 Å². The van der Waals surface area contributed by atoms with E-state index in [9.17, 15) is 0 Å². The molecule has 5 rings (SSSR count). The van der Waals surface area contributed by atoms with E-state index in [4.69, 9.17) is 23.2 Å². The SMILES string of the molecule is Cl.Cl.Clc1ccc(C(c2ccccc2)N2CCN(C(c3ccccc3)c3ccc(Cl)cc3)CC2)cc1. The van der Waals surface area contributed by atoms with E-state index in [1.807, 2.05) is 24.3 Å². The number of hydrogen-bond donors (Lipinski definition) is 0. The molecular formula is C30H30Cl4N2. The standard InChI is InChI=1S/C30H28Cl2N2.2ClH/c31-27-15-11-25(12-16-27)29(23-7-3-1-4-8-23)33-19-21-34(22-20-33)30(24-9-5-2-6-10-24)26-13-17-28(32)18-14-26;;/h1-18,29-30H,19-22H2;2*1H. The highest BCUT2D eigenvalue weighted by Crippen LogP contribution is 2.34. The quantitative estimate of drug-likeness (QED) is 0.234. The van der Waals surface area contributed by atoms with Gasteiger partial charge in [-0.2, -0.15) is 0 Å². The highest BCUT2D eigenvalue weighted by atomic mass is 35.5. The van der Waals surface area contributed by atoms with Gasteiger partial charge in [-0.1, -0.05) is 108 Å². The summed E-state index contributed by atoms with van der Waals surface area (Å²) in [6.07, 6.45) is 0. The Bertz CT molecular complexity index is 1080. The van der Waals surface area contributed by atoms with E-state index < -0.39 is 0 Å². The molecule has 1 heterocycles. The predicted octanol–water partition coefficient (Wildman–Crippen LogP) is 8.33. The van der Waals surface area contributed by atoms with Crippen LogP contribution in [0.3, 0.4) is 0 Å². The largest absolute Gasteiger partial charge is 0.290 e. The van der Waals surface area contributed by atoms with Gasteiger partial charge in [0.1, 0.15) is 0 Å². The zero-order chi connectivity index (χ0) is 23.3. The Labute approximate surface area is 236 Å². The Morgan fingerprint density at radius 2 is 0.694 bits per heavy atom. The molecule has 0 radical (unpaired) electrons. The summed E-state index contributed by atoms with van der Waals surface area (Å²) in [6.45, 7) is 3.94. The maximum Gasteiger partial charge on any atom is 0.0602 e. The third kappa shape index (κ3) is 6.63. The minimum atomic E-state index is 0. The average Bonchev–Trinajstić information content (AvgIpc) is 2.89. The summed E-state index contributed by atoms with van der Waals surface area (Å²) in [5.41, 5.74) is 5.19. The summed E-state index contributed by atoms with van der Waals surface area (Å²) >= 11 is 12.4. The molecule has 0 saturated carbocycles. The van der Waals surface area contributed by atoms with Crippen LogP contribution in [0.15, 0.2) is 109 Å². The molecule has 4 aromatic rings. The van der Waals surface area contributed by atoms with Crippen LogP contribution in [-0.2, 0) is 0 Å². The van der Waals surface area contributed by atoms with Gasteiger partial charge in [0.25, 0.3) is 0 Å². The molecule has 36 heavy (non-hydrogen) atoms. The van der Waals surface area contributed by atoms with Crippen molar-refractivity contribution in [2.45, 2.75) is 12.1 Å². The number of halogens is 4. The Balaban J connectivity index is 0.00000180. The number of rotatable bonds is 6. The molecule has 1 aliphatic heterocycles. The lowest BCUT2D eigenvalue weighted by molar-refractivity contribution is 0.0898. The molecule has 188 valence electrons. The second-order valence-corrected chi connectivity index (χ2v) is 9.67. The van der Waals surface area contributed by atoms with E-state index in [1.54, 1.807) is 0 Å². The summed E-state index contributed by atoms with van der Waals surface area (Å²) in [5.74, 6) is 0. The summed E-state index contributed by atoms with van der Waals surface area (Å²) in [6, 6.07) is 38.6. The highest BCUT2D eigenvalue weighted by Gasteiger charge is 2.30. The van der Waals surface area contributed by atoms with Crippen LogP contribution in [0.1, 0.15) is 34.3 Å². The van der Waals surface area contributed by atoms with Crippen LogP contribution in [0.4, 0.5) is 0 Å². The molecule has 0 spiro atoms. The zero-order valence-corrected chi connectivity index (χ0v) is 23.0. The maximum atomic E-state index is 6.20. The van der Waals surface area contributed by atoms with Crippen LogP contribution in [0.5, 0.6) is 0 Å². The Kier molecular flexibility index (Phi) is 10.7. The third-order valence-corrected chi connectivity index (χ3v) is 7.19. The average molecular weight is 560 g/mol. The lowest BCUT2D eigenvalue weighted by Gasteiger charge is -2.43. The Hall–Kier alpha value is -2.04. The van der Waals surface area contributed by atoms with Crippen molar-refractivity contribution >= 4 is 48.0 Å². The molecule has 0 aromatic heterocycles. The number of benzene rings is 4. The molecule has 2 atom stereocenters. The van der Waals surface area contributed by atoms with Crippen molar-refractivity contribution in [3.8, 4) is 0 Å². The minimum Gasteiger partial charge on any atom is -0.290 e. The van der Waals surface area contributed by atoms with Gasteiger partial charge in [-0.3, -0.25) is 9.80 Å². The van der Waals surface area contributed by atoms with Crippen LogP contribution < -0.4 is 0 Å². The fourth-order valence-corrected chi connectivity index (χ4v) is 5.29. The van der Waals surface area contributed by atoms with Gasteiger partial charge in [0.15, 0.2) is 0 Å². The van der Waals surface area contributed by atoms with Crippen molar-refractivity contribution in [1.29, 1.82) is 0 Å². The van der Waals surface area contributed by atoms with E-state index in [2.05, 4.69) is 94.7 Å². The topological polar surface area (TPSA) is 6.48 Å². The molecule has 6 heteroatoms. The van der Waals surface area contributed by atoms with E-state index in [0.717, 1.165) is 36.2 Å². The molecule has 4 aromatic carbocycles. The van der Waals surface area contributed by atoms with Crippen molar-refractivity contribution in [3.63, 3.8) is 0 Å². The number of hydrogen-bond acceptors (Lipinski definition) is 2. The molecule has 0 amide bonds. The summed E-state index contributed by atoms with van der Waals surface area (Å²) in [4.78, 5) is 5.19. The first-order valence-corrected chi connectivity index (χ1v) is 12.5. The van der Waals surface area contributed by atoms with Crippen molar-refractivity contribution in [2.75, 3.05) is 26.2 Å². The molecule has 0 aliphatic carbocycles. The fourth-order valence-electron chi connectivity index (χ4n) is 5.04. The number of nitrogens with zero attached hydrogens (tertiary/aromatic N) is 2.